The lowest BCUT2D eigenvalue weighted by Gasteiger charge is -2.24. The van der Waals surface area contributed by atoms with Gasteiger partial charge in [0.2, 0.25) is 0 Å². The SMILES string of the molecule is O=S(=O)(OCCCC1COc2cscc2O1)C(F)(F)F. The monoisotopic (exact) mass is 332 g/mol. The highest BCUT2D eigenvalue weighted by Crippen LogP contribution is 2.36. The van der Waals surface area contributed by atoms with Crippen LogP contribution in [0.2, 0.25) is 0 Å². The molecule has 0 saturated heterocycles. The molecule has 2 rings (SSSR count). The molecule has 1 aliphatic rings. The second-order valence-electron chi connectivity index (χ2n) is 4.02. The maximum absolute atomic E-state index is 12.0. The molecule has 1 unspecified atom stereocenters. The average Bonchev–Trinajstić information content (AvgIpc) is 2.80. The molecule has 1 aromatic heterocycles. The Morgan fingerprint density at radius 1 is 1.35 bits per heavy atom. The van der Waals surface area contributed by atoms with E-state index in [9.17, 15) is 21.6 Å². The first-order chi connectivity index (χ1) is 9.29. The number of halogens is 3. The summed E-state index contributed by atoms with van der Waals surface area (Å²) < 4.78 is 72.0. The van der Waals surface area contributed by atoms with Gasteiger partial charge in [0.05, 0.1) is 6.61 Å². The van der Waals surface area contributed by atoms with Gasteiger partial charge >= 0.3 is 15.6 Å². The van der Waals surface area contributed by atoms with E-state index in [-0.39, 0.29) is 19.1 Å². The molecule has 0 bridgehead atoms. The van der Waals surface area contributed by atoms with Gasteiger partial charge in [0.25, 0.3) is 0 Å². The van der Waals surface area contributed by atoms with Crippen molar-refractivity contribution in [3.63, 3.8) is 0 Å². The van der Waals surface area contributed by atoms with Crippen LogP contribution in [0.15, 0.2) is 10.8 Å². The van der Waals surface area contributed by atoms with Crippen molar-refractivity contribution in [2.24, 2.45) is 0 Å². The number of rotatable bonds is 5. The Labute approximate surface area is 117 Å². The van der Waals surface area contributed by atoms with Gasteiger partial charge in [-0.05, 0) is 12.8 Å². The molecule has 0 radical (unpaired) electrons. The van der Waals surface area contributed by atoms with Gasteiger partial charge in [0.15, 0.2) is 11.5 Å². The highest BCUT2D eigenvalue weighted by atomic mass is 32.2. The predicted octanol–water partition coefficient (Wildman–Crippen LogP) is 2.53. The number of alkyl halides is 3. The summed E-state index contributed by atoms with van der Waals surface area (Å²) in [5.41, 5.74) is -5.39. The average molecular weight is 332 g/mol. The lowest BCUT2D eigenvalue weighted by atomic mass is 10.2. The highest BCUT2D eigenvalue weighted by Gasteiger charge is 2.47. The molecule has 5 nitrogen and oxygen atoms in total. The molecule has 0 saturated carbocycles. The van der Waals surface area contributed by atoms with Crippen LogP contribution in [0.5, 0.6) is 11.5 Å². The third kappa shape index (κ3) is 3.55. The van der Waals surface area contributed by atoms with E-state index in [0.29, 0.717) is 17.9 Å². The van der Waals surface area contributed by atoms with Crippen LogP contribution < -0.4 is 9.47 Å². The van der Waals surface area contributed by atoms with Gasteiger partial charge in [0, 0.05) is 10.8 Å². The predicted molar refractivity (Wildman–Crippen MR) is 64.4 cm³/mol. The van der Waals surface area contributed by atoms with Crippen molar-refractivity contribution < 1.29 is 35.2 Å². The second kappa shape index (κ2) is 5.78. The summed E-state index contributed by atoms with van der Waals surface area (Å²) in [5.74, 6) is 1.23. The Morgan fingerprint density at radius 3 is 2.75 bits per heavy atom. The zero-order valence-corrected chi connectivity index (χ0v) is 11.7. The van der Waals surface area contributed by atoms with Crippen molar-refractivity contribution in [2.45, 2.75) is 24.5 Å². The summed E-state index contributed by atoms with van der Waals surface area (Å²) in [6.07, 6.45) is 0.125. The summed E-state index contributed by atoms with van der Waals surface area (Å²) in [6, 6.07) is 0. The molecule has 1 aromatic rings. The molecule has 0 aromatic carbocycles. The lowest BCUT2D eigenvalue weighted by Crippen LogP contribution is -2.29. The largest absolute Gasteiger partial charge is 0.523 e. The molecule has 1 atom stereocenters. The Kier molecular flexibility index (Phi) is 4.45. The maximum atomic E-state index is 12.0. The van der Waals surface area contributed by atoms with Gasteiger partial charge in [-0.3, -0.25) is 4.18 Å². The van der Waals surface area contributed by atoms with Gasteiger partial charge in [-0.2, -0.15) is 21.6 Å². The van der Waals surface area contributed by atoms with E-state index < -0.39 is 22.2 Å². The first-order valence-electron chi connectivity index (χ1n) is 5.61. The third-order valence-electron chi connectivity index (χ3n) is 2.50. The topological polar surface area (TPSA) is 61.8 Å². The van der Waals surface area contributed by atoms with E-state index in [1.165, 1.54) is 11.3 Å². The minimum absolute atomic E-state index is 0.114. The fraction of sp³-hybridized carbons (Fsp3) is 0.600. The smallest absolute Gasteiger partial charge is 0.485 e. The standard InChI is InChI=1S/C10H11F3O5S2/c11-10(12,13)20(14,15)17-3-1-2-7-4-16-8-5-19-6-9(8)18-7/h5-7H,1-4H2. The molecule has 0 fully saturated rings. The third-order valence-corrected chi connectivity index (χ3v) is 4.25. The van der Waals surface area contributed by atoms with Crippen LogP contribution in [0.25, 0.3) is 0 Å². The molecular formula is C10H11F3O5S2. The van der Waals surface area contributed by atoms with Crippen LogP contribution >= 0.6 is 11.3 Å². The molecule has 2 heterocycles. The molecular weight excluding hydrogens is 321 g/mol. The Morgan fingerprint density at radius 2 is 2.05 bits per heavy atom. The lowest BCUT2D eigenvalue weighted by molar-refractivity contribution is -0.0544. The van der Waals surface area contributed by atoms with Crippen LogP contribution in [-0.4, -0.2) is 33.2 Å². The molecule has 10 heteroatoms. The van der Waals surface area contributed by atoms with Gasteiger partial charge in [0.1, 0.15) is 12.7 Å². The van der Waals surface area contributed by atoms with Crippen LogP contribution in [0.1, 0.15) is 12.8 Å². The second-order valence-corrected chi connectivity index (χ2v) is 6.37. The molecule has 1 aliphatic heterocycles. The van der Waals surface area contributed by atoms with Crippen molar-refractivity contribution in [1.29, 1.82) is 0 Å². The number of fused-ring (bicyclic) bond motifs is 1. The molecule has 20 heavy (non-hydrogen) atoms. The minimum atomic E-state index is -5.51. The van der Waals surface area contributed by atoms with E-state index in [2.05, 4.69) is 4.18 Å². The number of ether oxygens (including phenoxy) is 2. The van der Waals surface area contributed by atoms with Crippen molar-refractivity contribution in [1.82, 2.24) is 0 Å². The van der Waals surface area contributed by atoms with Crippen LogP contribution in [0.3, 0.4) is 0 Å². The van der Waals surface area contributed by atoms with E-state index in [1.54, 1.807) is 10.8 Å². The van der Waals surface area contributed by atoms with Crippen molar-refractivity contribution in [3.05, 3.63) is 10.8 Å². The van der Waals surface area contributed by atoms with E-state index in [4.69, 9.17) is 9.47 Å². The number of thiophene rings is 1. The van der Waals surface area contributed by atoms with Gasteiger partial charge < -0.3 is 9.47 Å². The first-order valence-corrected chi connectivity index (χ1v) is 7.96. The fourth-order valence-electron chi connectivity index (χ4n) is 1.55. The van der Waals surface area contributed by atoms with Crippen LogP contribution in [-0.2, 0) is 14.3 Å². The molecule has 0 amide bonds. The van der Waals surface area contributed by atoms with Crippen LogP contribution in [0.4, 0.5) is 13.2 Å². The molecule has 0 N–H and O–H groups in total. The summed E-state index contributed by atoms with van der Waals surface area (Å²) >= 11 is 1.41. The van der Waals surface area contributed by atoms with E-state index in [0.717, 1.165) is 0 Å². The summed E-state index contributed by atoms with van der Waals surface area (Å²) in [6.45, 7) is -0.270. The number of hydrogen-bond donors (Lipinski definition) is 0. The zero-order chi connectivity index (χ0) is 14.8. The van der Waals surface area contributed by atoms with Gasteiger partial charge in [-0.15, -0.1) is 11.3 Å². The fourth-order valence-corrected chi connectivity index (χ4v) is 2.69. The normalized spacial score (nSPS) is 19.1. The highest BCUT2D eigenvalue weighted by molar-refractivity contribution is 7.87. The summed E-state index contributed by atoms with van der Waals surface area (Å²) in [5, 5.41) is 3.54. The van der Waals surface area contributed by atoms with Crippen molar-refractivity contribution in [3.8, 4) is 11.5 Å². The molecule has 0 aliphatic carbocycles. The summed E-state index contributed by atoms with van der Waals surface area (Å²) in [4.78, 5) is 0. The zero-order valence-electron chi connectivity index (χ0n) is 10.1. The minimum Gasteiger partial charge on any atom is -0.485 e. The van der Waals surface area contributed by atoms with Crippen molar-refractivity contribution >= 4 is 21.5 Å². The Bertz CT molecular complexity index is 551. The Balaban J connectivity index is 1.73. The molecule has 0 spiro atoms. The van der Waals surface area contributed by atoms with E-state index >= 15 is 0 Å². The Hall–Kier alpha value is -1.00. The quantitative estimate of drug-likeness (QED) is 0.471. The van der Waals surface area contributed by atoms with Gasteiger partial charge in [-0.25, -0.2) is 0 Å². The van der Waals surface area contributed by atoms with E-state index in [1.807, 2.05) is 0 Å². The molecule has 114 valence electrons. The van der Waals surface area contributed by atoms with Gasteiger partial charge in [-0.1, -0.05) is 0 Å². The van der Waals surface area contributed by atoms with Crippen LogP contribution in [0, 0.1) is 0 Å². The first kappa shape index (κ1) is 15.4. The number of hydrogen-bond acceptors (Lipinski definition) is 6. The maximum Gasteiger partial charge on any atom is 0.523 e. The van der Waals surface area contributed by atoms with Crippen molar-refractivity contribution in [2.75, 3.05) is 13.2 Å². The summed E-state index contributed by atoms with van der Waals surface area (Å²) in [7, 11) is -5.51.